The monoisotopic (exact) mass is 318 g/mol. The first-order chi connectivity index (χ1) is 11.0. The first-order valence-electron chi connectivity index (χ1n) is 8.10. The molecule has 0 unspecified atom stereocenters. The van der Waals surface area contributed by atoms with Crippen LogP contribution in [0, 0.1) is 5.92 Å². The number of benzene rings is 1. The van der Waals surface area contributed by atoms with E-state index < -0.39 is 0 Å². The van der Waals surface area contributed by atoms with Crippen molar-refractivity contribution in [2.45, 2.75) is 25.8 Å². The van der Waals surface area contributed by atoms with Gasteiger partial charge < -0.3 is 9.64 Å². The molecule has 2 rings (SSSR count). The molecule has 0 aromatic heterocycles. The number of rotatable bonds is 5. The van der Waals surface area contributed by atoms with E-state index >= 15 is 0 Å². The number of carbonyl (C=O) groups excluding carboxylic acids is 2. The van der Waals surface area contributed by atoms with Crippen LogP contribution in [0.1, 0.15) is 35.2 Å². The van der Waals surface area contributed by atoms with Crippen LogP contribution in [-0.2, 0) is 16.1 Å². The second-order valence-corrected chi connectivity index (χ2v) is 6.36. The highest BCUT2D eigenvalue weighted by molar-refractivity contribution is 5.90. The number of hydrogen-bond acceptors (Lipinski definition) is 4. The molecular weight excluding hydrogens is 292 g/mol. The third-order valence-electron chi connectivity index (χ3n) is 4.49. The Hall–Kier alpha value is -1.88. The minimum Gasteiger partial charge on any atom is -0.465 e. The van der Waals surface area contributed by atoms with Gasteiger partial charge in [0.15, 0.2) is 0 Å². The third kappa shape index (κ3) is 4.79. The van der Waals surface area contributed by atoms with E-state index in [1.807, 2.05) is 24.3 Å². The molecule has 1 aliphatic rings. The van der Waals surface area contributed by atoms with Crippen LogP contribution in [0.25, 0.3) is 0 Å². The highest BCUT2D eigenvalue weighted by Gasteiger charge is 2.23. The lowest BCUT2D eigenvalue weighted by Crippen LogP contribution is -2.35. The largest absolute Gasteiger partial charge is 0.465 e. The molecule has 126 valence electrons. The Kier molecular flexibility index (Phi) is 6.16. The summed E-state index contributed by atoms with van der Waals surface area (Å²) in [5.41, 5.74) is 1.64. The van der Waals surface area contributed by atoms with Crippen LogP contribution < -0.4 is 0 Å². The predicted molar refractivity (Wildman–Crippen MR) is 89.1 cm³/mol. The molecule has 5 heteroatoms. The summed E-state index contributed by atoms with van der Waals surface area (Å²) >= 11 is 0. The fourth-order valence-corrected chi connectivity index (χ4v) is 2.99. The molecule has 0 aliphatic carbocycles. The van der Waals surface area contributed by atoms with Gasteiger partial charge in [-0.15, -0.1) is 0 Å². The summed E-state index contributed by atoms with van der Waals surface area (Å²) in [6.45, 7) is 2.67. The molecule has 1 fully saturated rings. The summed E-state index contributed by atoms with van der Waals surface area (Å²) in [5.74, 6) is 0.392. The normalized spacial score (nSPS) is 16.1. The minimum atomic E-state index is -0.285. The summed E-state index contributed by atoms with van der Waals surface area (Å²) < 4.78 is 4.85. The molecular formula is C18H26N2O3. The second kappa shape index (κ2) is 8.11. The van der Waals surface area contributed by atoms with E-state index in [1.54, 1.807) is 19.0 Å². The molecule has 1 saturated heterocycles. The first kappa shape index (κ1) is 17.5. The Bertz CT molecular complexity index is 549. The highest BCUT2D eigenvalue weighted by Crippen LogP contribution is 2.23. The SMILES string of the molecule is COC(=O)c1ccccc1CN1CCC(CC(=O)N(C)C)CC1. The summed E-state index contributed by atoms with van der Waals surface area (Å²) in [5, 5.41) is 0. The molecule has 0 N–H and O–H groups in total. The van der Waals surface area contributed by atoms with E-state index in [0.717, 1.165) is 38.0 Å². The second-order valence-electron chi connectivity index (χ2n) is 6.36. The predicted octanol–water partition coefficient (Wildman–Crippen LogP) is 2.16. The number of methoxy groups -OCH3 is 1. The summed E-state index contributed by atoms with van der Waals surface area (Å²) in [7, 11) is 5.02. The van der Waals surface area contributed by atoms with Crippen LogP contribution in [-0.4, -0.2) is 56.0 Å². The van der Waals surface area contributed by atoms with Crippen LogP contribution in [0.15, 0.2) is 24.3 Å². The smallest absolute Gasteiger partial charge is 0.338 e. The van der Waals surface area contributed by atoms with Gasteiger partial charge in [0.1, 0.15) is 0 Å². The Labute approximate surface area is 138 Å². The quantitative estimate of drug-likeness (QED) is 0.781. The van der Waals surface area contributed by atoms with E-state index in [4.69, 9.17) is 4.74 Å². The van der Waals surface area contributed by atoms with Crippen molar-refractivity contribution >= 4 is 11.9 Å². The van der Waals surface area contributed by atoms with Crippen molar-refractivity contribution in [3.8, 4) is 0 Å². The molecule has 5 nitrogen and oxygen atoms in total. The van der Waals surface area contributed by atoms with E-state index in [9.17, 15) is 9.59 Å². The van der Waals surface area contributed by atoms with Gasteiger partial charge in [-0.25, -0.2) is 4.79 Å². The van der Waals surface area contributed by atoms with Crippen molar-refractivity contribution in [1.82, 2.24) is 9.80 Å². The van der Waals surface area contributed by atoms with Crippen LogP contribution in [0.2, 0.25) is 0 Å². The fraction of sp³-hybridized carbons (Fsp3) is 0.556. The van der Waals surface area contributed by atoms with E-state index in [2.05, 4.69) is 4.90 Å². The number of amides is 1. The molecule has 0 radical (unpaired) electrons. The van der Waals surface area contributed by atoms with Gasteiger partial charge >= 0.3 is 5.97 Å². The molecule has 23 heavy (non-hydrogen) atoms. The number of nitrogens with zero attached hydrogens (tertiary/aromatic N) is 2. The first-order valence-corrected chi connectivity index (χ1v) is 8.10. The Morgan fingerprint density at radius 2 is 1.87 bits per heavy atom. The minimum absolute atomic E-state index is 0.208. The van der Waals surface area contributed by atoms with Crippen molar-refractivity contribution in [3.63, 3.8) is 0 Å². The van der Waals surface area contributed by atoms with Gasteiger partial charge in [0, 0.05) is 27.1 Å². The van der Waals surface area contributed by atoms with Gasteiger partial charge in [-0.1, -0.05) is 18.2 Å². The number of piperidine rings is 1. The zero-order chi connectivity index (χ0) is 16.8. The zero-order valence-corrected chi connectivity index (χ0v) is 14.2. The molecule has 1 aromatic carbocycles. The van der Waals surface area contributed by atoms with E-state index in [0.29, 0.717) is 17.9 Å². The standard InChI is InChI=1S/C18H26N2O3/c1-19(2)17(21)12-14-8-10-20(11-9-14)13-15-6-4-5-7-16(15)18(22)23-3/h4-7,14H,8-13H2,1-3H3. The van der Waals surface area contributed by atoms with Gasteiger partial charge in [0.05, 0.1) is 12.7 Å². The Morgan fingerprint density at radius 3 is 2.48 bits per heavy atom. The molecule has 0 saturated carbocycles. The lowest BCUT2D eigenvalue weighted by molar-refractivity contribution is -0.130. The van der Waals surface area contributed by atoms with Gasteiger partial charge in [-0.05, 0) is 43.5 Å². The maximum absolute atomic E-state index is 11.8. The number of likely N-dealkylation sites (tertiary alicyclic amines) is 1. The van der Waals surface area contributed by atoms with Crippen LogP contribution in [0.5, 0.6) is 0 Å². The maximum Gasteiger partial charge on any atom is 0.338 e. The topological polar surface area (TPSA) is 49.9 Å². The number of carbonyl (C=O) groups is 2. The fourth-order valence-electron chi connectivity index (χ4n) is 2.99. The molecule has 1 aliphatic heterocycles. The van der Waals surface area contributed by atoms with Crippen molar-refractivity contribution in [2.75, 3.05) is 34.3 Å². The molecule has 0 spiro atoms. The molecule has 1 aromatic rings. The molecule has 0 atom stereocenters. The average Bonchev–Trinajstić information content (AvgIpc) is 2.56. The summed E-state index contributed by atoms with van der Waals surface area (Å²) in [6, 6.07) is 7.59. The van der Waals surface area contributed by atoms with E-state index in [-0.39, 0.29) is 11.9 Å². The van der Waals surface area contributed by atoms with E-state index in [1.165, 1.54) is 7.11 Å². The van der Waals surface area contributed by atoms with Crippen molar-refractivity contribution in [3.05, 3.63) is 35.4 Å². The molecule has 1 heterocycles. The van der Waals surface area contributed by atoms with Crippen molar-refractivity contribution < 1.29 is 14.3 Å². The Balaban J connectivity index is 1.90. The average molecular weight is 318 g/mol. The lowest BCUT2D eigenvalue weighted by atomic mass is 9.92. The zero-order valence-electron chi connectivity index (χ0n) is 14.2. The summed E-state index contributed by atoms with van der Waals surface area (Å²) in [4.78, 5) is 27.6. The Morgan fingerprint density at radius 1 is 1.22 bits per heavy atom. The highest BCUT2D eigenvalue weighted by atomic mass is 16.5. The lowest BCUT2D eigenvalue weighted by Gasteiger charge is -2.32. The van der Waals surface area contributed by atoms with Gasteiger partial charge in [-0.2, -0.15) is 0 Å². The van der Waals surface area contributed by atoms with Crippen molar-refractivity contribution in [2.24, 2.45) is 5.92 Å². The number of esters is 1. The van der Waals surface area contributed by atoms with Crippen LogP contribution in [0.4, 0.5) is 0 Å². The summed E-state index contributed by atoms with van der Waals surface area (Å²) in [6.07, 6.45) is 2.69. The number of hydrogen-bond donors (Lipinski definition) is 0. The van der Waals surface area contributed by atoms with Crippen LogP contribution >= 0.6 is 0 Å². The van der Waals surface area contributed by atoms with Gasteiger partial charge in [0.25, 0.3) is 0 Å². The van der Waals surface area contributed by atoms with Crippen LogP contribution in [0.3, 0.4) is 0 Å². The van der Waals surface area contributed by atoms with Crippen molar-refractivity contribution in [1.29, 1.82) is 0 Å². The molecule has 0 bridgehead atoms. The third-order valence-corrected chi connectivity index (χ3v) is 4.49. The number of ether oxygens (including phenoxy) is 1. The van der Waals surface area contributed by atoms with Gasteiger partial charge in [0.2, 0.25) is 5.91 Å². The van der Waals surface area contributed by atoms with Gasteiger partial charge in [-0.3, -0.25) is 9.69 Å². The maximum atomic E-state index is 11.8. The molecule has 1 amide bonds.